The smallest absolute Gasteiger partial charge is 0.260 e. The number of anilines is 1. The van der Waals surface area contributed by atoms with Crippen molar-refractivity contribution < 1.29 is 18.7 Å². The van der Waals surface area contributed by atoms with Crippen molar-refractivity contribution in [2.45, 2.75) is 18.6 Å². The lowest BCUT2D eigenvalue weighted by molar-refractivity contribution is -0.141. The van der Waals surface area contributed by atoms with Gasteiger partial charge in [-0.25, -0.2) is 4.39 Å². The molecule has 2 aromatic carbocycles. The standard InChI is InChI=1S/C25H30FN5O3/c26-20-5-1-18(2-6-20)22-17-23(29-28-22)19-3-7-21(8-4-19)27-24(30-9-13-33-14-10-30)25(32)31-11-15-34-16-12-31/h1-8,22,24,27-28H,9-17H2. The van der Waals surface area contributed by atoms with E-state index in [-0.39, 0.29) is 17.8 Å². The second kappa shape index (κ2) is 10.5. The van der Waals surface area contributed by atoms with Gasteiger partial charge in [-0.3, -0.25) is 9.69 Å². The molecule has 0 aromatic heterocycles. The summed E-state index contributed by atoms with van der Waals surface area (Å²) in [6.45, 7) is 5.03. The molecule has 2 atom stereocenters. The highest BCUT2D eigenvalue weighted by atomic mass is 19.1. The molecule has 2 unspecified atom stereocenters. The molecule has 2 saturated heterocycles. The lowest BCUT2D eigenvalue weighted by atomic mass is 9.99. The minimum Gasteiger partial charge on any atom is -0.379 e. The Hall–Kier alpha value is -3.01. The number of amides is 1. The number of carbonyl (C=O) groups is 1. The molecule has 0 bridgehead atoms. The minimum absolute atomic E-state index is 0.0326. The quantitative estimate of drug-likeness (QED) is 0.678. The highest BCUT2D eigenvalue weighted by Crippen LogP contribution is 2.25. The Bertz CT molecular complexity index is 1000. The van der Waals surface area contributed by atoms with Gasteiger partial charge in [0.25, 0.3) is 5.91 Å². The third-order valence-corrected chi connectivity index (χ3v) is 6.51. The summed E-state index contributed by atoms with van der Waals surface area (Å²) in [5.74, 6) is -0.172. The molecule has 8 nitrogen and oxygen atoms in total. The fourth-order valence-electron chi connectivity index (χ4n) is 4.53. The number of halogens is 1. The molecular formula is C25H30FN5O3. The van der Waals surface area contributed by atoms with E-state index in [1.165, 1.54) is 12.1 Å². The van der Waals surface area contributed by atoms with E-state index < -0.39 is 6.17 Å². The summed E-state index contributed by atoms with van der Waals surface area (Å²) < 4.78 is 24.1. The molecule has 0 spiro atoms. The van der Waals surface area contributed by atoms with Crippen molar-refractivity contribution in [3.63, 3.8) is 0 Å². The van der Waals surface area contributed by atoms with Gasteiger partial charge in [0.05, 0.1) is 38.2 Å². The third-order valence-electron chi connectivity index (χ3n) is 6.51. The van der Waals surface area contributed by atoms with E-state index in [0.29, 0.717) is 52.6 Å². The number of hydrogen-bond donors (Lipinski definition) is 2. The zero-order valence-electron chi connectivity index (χ0n) is 19.1. The second-order valence-corrected chi connectivity index (χ2v) is 8.71. The Kier molecular flexibility index (Phi) is 7.03. The van der Waals surface area contributed by atoms with Crippen molar-refractivity contribution in [1.82, 2.24) is 15.2 Å². The Morgan fingerprint density at radius 1 is 0.971 bits per heavy atom. The van der Waals surface area contributed by atoms with Crippen LogP contribution in [0, 0.1) is 5.82 Å². The molecule has 9 heteroatoms. The van der Waals surface area contributed by atoms with Crippen LogP contribution in [0.2, 0.25) is 0 Å². The SMILES string of the molecule is O=C(C(Nc1ccc(C2=NNC(c3ccc(F)cc3)C2)cc1)N1CCOCC1)N1CCOCC1. The van der Waals surface area contributed by atoms with Crippen LogP contribution in [0.25, 0.3) is 0 Å². The topological polar surface area (TPSA) is 78.4 Å². The molecule has 0 radical (unpaired) electrons. The van der Waals surface area contributed by atoms with E-state index in [1.54, 1.807) is 12.1 Å². The van der Waals surface area contributed by atoms with E-state index in [9.17, 15) is 9.18 Å². The largest absolute Gasteiger partial charge is 0.379 e. The number of hydrogen-bond acceptors (Lipinski definition) is 7. The minimum atomic E-state index is -0.443. The zero-order chi connectivity index (χ0) is 23.3. The molecule has 3 aliphatic rings. The lowest BCUT2D eigenvalue weighted by Crippen LogP contribution is -2.57. The molecule has 2 aromatic rings. The van der Waals surface area contributed by atoms with E-state index in [2.05, 4.69) is 20.7 Å². The summed E-state index contributed by atoms with van der Waals surface area (Å²) >= 11 is 0. The van der Waals surface area contributed by atoms with Crippen molar-refractivity contribution >= 4 is 17.3 Å². The van der Waals surface area contributed by atoms with Crippen LogP contribution in [0.3, 0.4) is 0 Å². The molecule has 3 aliphatic heterocycles. The van der Waals surface area contributed by atoms with Crippen molar-refractivity contribution in [2.24, 2.45) is 5.10 Å². The molecule has 2 N–H and O–H groups in total. The van der Waals surface area contributed by atoms with Gasteiger partial charge < -0.3 is 25.1 Å². The first-order valence-electron chi connectivity index (χ1n) is 11.8. The van der Waals surface area contributed by atoms with Gasteiger partial charge in [0.15, 0.2) is 6.17 Å². The number of carbonyl (C=O) groups excluding carboxylic acids is 1. The van der Waals surface area contributed by atoms with Gasteiger partial charge in [-0.1, -0.05) is 24.3 Å². The van der Waals surface area contributed by atoms with Crippen LogP contribution >= 0.6 is 0 Å². The maximum absolute atomic E-state index is 13.3. The van der Waals surface area contributed by atoms with Crippen molar-refractivity contribution in [1.29, 1.82) is 0 Å². The monoisotopic (exact) mass is 467 g/mol. The number of nitrogens with one attached hydrogen (secondary N) is 2. The Balaban J connectivity index is 1.25. The average molecular weight is 468 g/mol. The maximum atomic E-state index is 13.3. The van der Waals surface area contributed by atoms with E-state index in [4.69, 9.17) is 9.47 Å². The summed E-state index contributed by atoms with van der Waals surface area (Å²) in [4.78, 5) is 17.4. The highest BCUT2D eigenvalue weighted by Gasteiger charge is 2.32. The summed E-state index contributed by atoms with van der Waals surface area (Å²) in [6.07, 6.45) is 0.283. The number of rotatable bonds is 6. The van der Waals surface area contributed by atoms with Gasteiger partial charge in [-0.2, -0.15) is 5.10 Å². The number of morpholine rings is 2. The van der Waals surface area contributed by atoms with Crippen molar-refractivity contribution in [2.75, 3.05) is 57.9 Å². The predicted octanol–water partition coefficient (Wildman–Crippen LogP) is 2.19. The van der Waals surface area contributed by atoms with Gasteiger partial charge in [0.1, 0.15) is 5.82 Å². The van der Waals surface area contributed by atoms with Crippen molar-refractivity contribution in [3.8, 4) is 0 Å². The van der Waals surface area contributed by atoms with E-state index >= 15 is 0 Å². The number of hydrazone groups is 1. The fourth-order valence-corrected chi connectivity index (χ4v) is 4.53. The van der Waals surface area contributed by atoms with Gasteiger partial charge in [0.2, 0.25) is 0 Å². The van der Waals surface area contributed by atoms with Gasteiger partial charge in [0, 0.05) is 38.3 Å². The summed E-state index contributed by atoms with van der Waals surface area (Å²) in [5, 5.41) is 7.95. The first-order chi connectivity index (χ1) is 16.7. The molecule has 2 fully saturated rings. The second-order valence-electron chi connectivity index (χ2n) is 8.71. The maximum Gasteiger partial charge on any atom is 0.260 e. The fraction of sp³-hybridized carbons (Fsp3) is 0.440. The number of nitrogens with zero attached hydrogens (tertiary/aromatic N) is 3. The first kappa shape index (κ1) is 22.8. The molecule has 3 heterocycles. The molecular weight excluding hydrogens is 437 g/mol. The molecule has 0 aliphatic carbocycles. The molecule has 34 heavy (non-hydrogen) atoms. The van der Waals surface area contributed by atoms with Crippen LogP contribution in [0.15, 0.2) is 53.6 Å². The Labute approximate surface area is 198 Å². The normalized spacial score (nSPS) is 22.1. The summed E-state index contributed by atoms with van der Waals surface area (Å²) in [6, 6.07) is 14.6. The van der Waals surface area contributed by atoms with Crippen LogP contribution in [0.4, 0.5) is 10.1 Å². The number of benzene rings is 2. The third kappa shape index (κ3) is 5.22. The summed E-state index contributed by atoms with van der Waals surface area (Å²) in [5.41, 5.74) is 7.01. The number of ether oxygens (including phenoxy) is 2. The Morgan fingerprint density at radius 2 is 1.62 bits per heavy atom. The average Bonchev–Trinajstić information content (AvgIpc) is 3.39. The van der Waals surface area contributed by atoms with Gasteiger partial charge in [-0.15, -0.1) is 0 Å². The lowest BCUT2D eigenvalue weighted by Gasteiger charge is -2.38. The van der Waals surface area contributed by atoms with Crippen LogP contribution in [-0.4, -0.2) is 80.2 Å². The van der Waals surface area contributed by atoms with Crippen LogP contribution in [0.1, 0.15) is 23.6 Å². The highest BCUT2D eigenvalue weighted by molar-refractivity contribution is 6.02. The summed E-state index contributed by atoms with van der Waals surface area (Å²) in [7, 11) is 0. The van der Waals surface area contributed by atoms with Crippen molar-refractivity contribution in [3.05, 3.63) is 65.5 Å². The Morgan fingerprint density at radius 3 is 2.29 bits per heavy atom. The first-order valence-corrected chi connectivity index (χ1v) is 11.8. The molecule has 1 amide bonds. The zero-order valence-corrected chi connectivity index (χ0v) is 19.1. The molecule has 180 valence electrons. The van der Waals surface area contributed by atoms with E-state index in [0.717, 1.165) is 28.9 Å². The van der Waals surface area contributed by atoms with Gasteiger partial charge in [-0.05, 0) is 35.4 Å². The molecule has 5 rings (SSSR count). The predicted molar refractivity (Wildman–Crippen MR) is 127 cm³/mol. The van der Waals surface area contributed by atoms with Gasteiger partial charge >= 0.3 is 0 Å². The molecule has 0 saturated carbocycles. The van der Waals surface area contributed by atoms with E-state index in [1.807, 2.05) is 29.2 Å². The van der Waals surface area contributed by atoms with Crippen LogP contribution in [-0.2, 0) is 14.3 Å². The van der Waals surface area contributed by atoms with Crippen LogP contribution < -0.4 is 10.7 Å². The van der Waals surface area contributed by atoms with Crippen LogP contribution in [0.5, 0.6) is 0 Å².